The maximum Gasteiger partial charge on any atom is 0.223 e. The molecule has 0 N–H and O–H groups in total. The molecule has 25 heavy (non-hydrogen) atoms. The normalized spacial score (nSPS) is 19.0. The summed E-state index contributed by atoms with van der Waals surface area (Å²) >= 11 is 0. The fourth-order valence-corrected chi connectivity index (χ4v) is 3.50. The van der Waals surface area contributed by atoms with Crippen molar-refractivity contribution in [2.75, 3.05) is 19.7 Å². The van der Waals surface area contributed by atoms with Gasteiger partial charge in [-0.05, 0) is 23.0 Å². The third-order valence-electron chi connectivity index (χ3n) is 5.02. The highest BCUT2D eigenvalue weighted by Gasteiger charge is 2.28. The molecule has 2 unspecified atom stereocenters. The van der Waals surface area contributed by atoms with E-state index in [1.807, 2.05) is 29.2 Å². The van der Waals surface area contributed by atoms with Crippen LogP contribution in [0.25, 0.3) is 0 Å². The van der Waals surface area contributed by atoms with Crippen LogP contribution in [0.2, 0.25) is 0 Å². The summed E-state index contributed by atoms with van der Waals surface area (Å²) in [6.07, 6.45) is 0.538. The van der Waals surface area contributed by atoms with Crippen LogP contribution in [-0.2, 0) is 9.53 Å². The van der Waals surface area contributed by atoms with Gasteiger partial charge in [-0.2, -0.15) is 0 Å². The lowest BCUT2D eigenvalue weighted by Gasteiger charge is -2.34. The fraction of sp³-hybridized carbons (Fsp3) is 0.409. The Kier molecular flexibility index (Phi) is 5.87. The number of carbonyl (C=O) groups is 1. The maximum absolute atomic E-state index is 12.9. The van der Waals surface area contributed by atoms with Crippen molar-refractivity contribution in [2.45, 2.75) is 32.3 Å². The number of benzene rings is 2. The summed E-state index contributed by atoms with van der Waals surface area (Å²) in [6.45, 7) is 6.31. The molecular weight excluding hydrogens is 310 g/mol. The molecule has 132 valence electrons. The summed E-state index contributed by atoms with van der Waals surface area (Å²) in [5, 5.41) is 0. The van der Waals surface area contributed by atoms with Gasteiger partial charge in [-0.25, -0.2) is 0 Å². The number of ether oxygens (including phenoxy) is 1. The first-order chi connectivity index (χ1) is 12.1. The minimum absolute atomic E-state index is 0.0203. The lowest BCUT2D eigenvalue weighted by atomic mass is 9.85. The first-order valence-electron chi connectivity index (χ1n) is 9.14. The Morgan fingerprint density at radius 2 is 1.72 bits per heavy atom. The van der Waals surface area contributed by atoms with Crippen molar-refractivity contribution in [1.82, 2.24) is 4.90 Å². The molecule has 2 aromatic rings. The standard InChI is InChI=1S/C22H27NO2/c1-17(2)20(18-9-5-3-6-10-18)15-22(24)23-13-14-25-21(16-23)19-11-7-4-8-12-19/h3-12,17,20-21H,13-16H2,1-2H3. The quantitative estimate of drug-likeness (QED) is 0.808. The molecule has 1 saturated heterocycles. The van der Waals surface area contributed by atoms with Crippen LogP contribution in [0.4, 0.5) is 0 Å². The topological polar surface area (TPSA) is 29.5 Å². The molecule has 0 radical (unpaired) electrons. The molecule has 2 atom stereocenters. The van der Waals surface area contributed by atoms with Crippen molar-refractivity contribution in [3.8, 4) is 0 Å². The SMILES string of the molecule is CC(C)C(CC(=O)N1CCOC(c2ccccc2)C1)c1ccccc1. The molecule has 3 nitrogen and oxygen atoms in total. The maximum atomic E-state index is 12.9. The molecule has 0 saturated carbocycles. The Hall–Kier alpha value is -2.13. The first kappa shape index (κ1) is 17.7. The molecular formula is C22H27NO2. The third kappa shape index (κ3) is 4.49. The van der Waals surface area contributed by atoms with Crippen molar-refractivity contribution in [3.05, 3.63) is 71.8 Å². The van der Waals surface area contributed by atoms with Crippen LogP contribution < -0.4 is 0 Å². The van der Waals surface area contributed by atoms with Crippen LogP contribution in [0, 0.1) is 5.92 Å². The summed E-state index contributed by atoms with van der Waals surface area (Å²) in [4.78, 5) is 14.9. The summed E-state index contributed by atoms with van der Waals surface area (Å²) in [5.41, 5.74) is 2.39. The molecule has 1 heterocycles. The lowest BCUT2D eigenvalue weighted by molar-refractivity contribution is -0.139. The number of nitrogens with zero attached hydrogens (tertiary/aromatic N) is 1. The van der Waals surface area contributed by atoms with Gasteiger partial charge in [-0.3, -0.25) is 4.79 Å². The van der Waals surface area contributed by atoms with Gasteiger partial charge in [0.15, 0.2) is 0 Å². The second-order valence-electron chi connectivity index (χ2n) is 7.08. The van der Waals surface area contributed by atoms with Crippen LogP contribution in [0.15, 0.2) is 60.7 Å². The van der Waals surface area contributed by atoms with Gasteiger partial charge in [0, 0.05) is 13.0 Å². The summed E-state index contributed by atoms with van der Waals surface area (Å²) < 4.78 is 5.89. The van der Waals surface area contributed by atoms with Gasteiger partial charge in [-0.1, -0.05) is 74.5 Å². The van der Waals surface area contributed by atoms with E-state index < -0.39 is 0 Å². The second kappa shape index (κ2) is 8.30. The predicted molar refractivity (Wildman–Crippen MR) is 100 cm³/mol. The van der Waals surface area contributed by atoms with Crippen molar-refractivity contribution in [2.24, 2.45) is 5.92 Å². The van der Waals surface area contributed by atoms with Gasteiger partial charge in [-0.15, -0.1) is 0 Å². The Morgan fingerprint density at radius 1 is 1.08 bits per heavy atom. The van der Waals surface area contributed by atoms with Crippen molar-refractivity contribution >= 4 is 5.91 Å². The molecule has 0 spiro atoms. The van der Waals surface area contributed by atoms with Crippen LogP contribution in [0.1, 0.15) is 43.4 Å². The van der Waals surface area contributed by atoms with Crippen LogP contribution in [0.3, 0.4) is 0 Å². The van der Waals surface area contributed by atoms with E-state index in [1.165, 1.54) is 5.56 Å². The molecule has 0 aromatic heterocycles. The number of hydrogen-bond donors (Lipinski definition) is 0. The van der Waals surface area contributed by atoms with Gasteiger partial charge in [0.05, 0.1) is 13.2 Å². The predicted octanol–water partition coefficient (Wildman–Crippen LogP) is 4.42. The van der Waals surface area contributed by atoms with E-state index in [9.17, 15) is 4.79 Å². The van der Waals surface area contributed by atoms with E-state index >= 15 is 0 Å². The molecule has 1 amide bonds. The number of amides is 1. The van der Waals surface area contributed by atoms with Gasteiger partial charge in [0.25, 0.3) is 0 Å². The van der Waals surface area contributed by atoms with Crippen molar-refractivity contribution in [1.29, 1.82) is 0 Å². The van der Waals surface area contributed by atoms with E-state index in [2.05, 4.69) is 50.2 Å². The van der Waals surface area contributed by atoms with Crippen LogP contribution in [0.5, 0.6) is 0 Å². The largest absolute Gasteiger partial charge is 0.370 e. The Bertz CT molecular complexity index is 669. The van der Waals surface area contributed by atoms with E-state index in [4.69, 9.17) is 4.74 Å². The molecule has 1 aliphatic rings. The van der Waals surface area contributed by atoms with Gasteiger partial charge in [0.2, 0.25) is 5.91 Å². The number of rotatable bonds is 5. The number of hydrogen-bond acceptors (Lipinski definition) is 2. The van der Waals surface area contributed by atoms with E-state index in [0.717, 1.165) is 5.56 Å². The first-order valence-corrected chi connectivity index (χ1v) is 9.14. The van der Waals surface area contributed by atoms with E-state index in [-0.39, 0.29) is 17.9 Å². The van der Waals surface area contributed by atoms with Gasteiger partial charge >= 0.3 is 0 Å². The summed E-state index contributed by atoms with van der Waals surface area (Å²) in [6, 6.07) is 20.6. The molecule has 1 aliphatic heterocycles. The minimum atomic E-state index is -0.0203. The molecule has 2 aromatic carbocycles. The van der Waals surface area contributed by atoms with Gasteiger partial charge in [0.1, 0.15) is 6.10 Å². The summed E-state index contributed by atoms with van der Waals surface area (Å²) in [5.74, 6) is 0.913. The number of morpholine rings is 1. The fourth-order valence-electron chi connectivity index (χ4n) is 3.50. The molecule has 1 fully saturated rings. The zero-order valence-corrected chi connectivity index (χ0v) is 15.1. The number of carbonyl (C=O) groups excluding carboxylic acids is 1. The Morgan fingerprint density at radius 3 is 2.36 bits per heavy atom. The second-order valence-corrected chi connectivity index (χ2v) is 7.08. The average molecular weight is 337 g/mol. The zero-order valence-electron chi connectivity index (χ0n) is 15.1. The lowest BCUT2D eigenvalue weighted by Crippen LogP contribution is -2.42. The van der Waals surface area contributed by atoms with Crippen LogP contribution >= 0.6 is 0 Å². The molecule has 0 aliphatic carbocycles. The molecule has 0 bridgehead atoms. The highest BCUT2D eigenvalue weighted by Crippen LogP contribution is 2.30. The Labute approximate surface area is 150 Å². The minimum Gasteiger partial charge on any atom is -0.370 e. The van der Waals surface area contributed by atoms with Gasteiger partial charge < -0.3 is 9.64 Å². The highest BCUT2D eigenvalue weighted by molar-refractivity contribution is 5.77. The third-order valence-corrected chi connectivity index (χ3v) is 5.02. The van der Waals surface area contributed by atoms with Crippen molar-refractivity contribution < 1.29 is 9.53 Å². The van der Waals surface area contributed by atoms with E-state index in [0.29, 0.717) is 32.0 Å². The van der Waals surface area contributed by atoms with Crippen molar-refractivity contribution in [3.63, 3.8) is 0 Å². The average Bonchev–Trinajstić information content (AvgIpc) is 2.67. The smallest absolute Gasteiger partial charge is 0.223 e. The molecule has 3 rings (SSSR count). The monoisotopic (exact) mass is 337 g/mol. The zero-order chi connectivity index (χ0) is 17.6. The van der Waals surface area contributed by atoms with E-state index in [1.54, 1.807) is 0 Å². The molecule has 3 heteroatoms. The highest BCUT2D eigenvalue weighted by atomic mass is 16.5. The summed E-state index contributed by atoms with van der Waals surface area (Å²) in [7, 11) is 0. The Balaban J connectivity index is 1.67. The van der Waals surface area contributed by atoms with Crippen LogP contribution in [-0.4, -0.2) is 30.5 Å².